The number of carbonyl (C=O) groups is 2. The second kappa shape index (κ2) is 12.4. The normalized spacial score (nSPS) is 14.3. The van der Waals surface area contributed by atoms with E-state index in [-0.39, 0.29) is 18.1 Å². The maximum Gasteiger partial charge on any atom is 0.408 e. The highest BCUT2D eigenvalue weighted by Crippen LogP contribution is 2.28. The molecule has 0 unspecified atom stereocenters. The van der Waals surface area contributed by atoms with Gasteiger partial charge in [-0.1, -0.05) is 18.2 Å². The Bertz CT molecular complexity index is 1190. The number of anilines is 3. The molecule has 194 valence electrons. The summed E-state index contributed by atoms with van der Waals surface area (Å²) in [6.45, 7) is 7.98. The molecule has 2 aromatic carbocycles. The lowest BCUT2D eigenvalue weighted by atomic mass is 9.89. The van der Waals surface area contributed by atoms with E-state index in [1.807, 2.05) is 63.2 Å². The summed E-state index contributed by atoms with van der Waals surface area (Å²) in [6.07, 6.45) is 4.99. The molecule has 8 heteroatoms. The van der Waals surface area contributed by atoms with Gasteiger partial charge in [0.1, 0.15) is 0 Å². The van der Waals surface area contributed by atoms with Crippen molar-refractivity contribution in [1.82, 2.24) is 15.2 Å². The molecule has 0 atom stereocenters. The predicted octanol–water partition coefficient (Wildman–Crippen LogP) is 5.66. The Morgan fingerprint density at radius 1 is 1.05 bits per heavy atom. The number of aryl methyl sites for hydroxylation is 1. The number of hydrogen-bond acceptors (Lipinski definition) is 6. The second-order valence-electron chi connectivity index (χ2n) is 9.65. The van der Waals surface area contributed by atoms with Gasteiger partial charge >= 0.3 is 6.09 Å². The van der Waals surface area contributed by atoms with Crippen molar-refractivity contribution < 1.29 is 14.3 Å². The number of pyridine rings is 1. The van der Waals surface area contributed by atoms with Gasteiger partial charge in [-0.2, -0.15) is 0 Å². The van der Waals surface area contributed by atoms with Crippen LogP contribution in [0.1, 0.15) is 54.1 Å². The van der Waals surface area contributed by atoms with Crippen LogP contribution in [-0.4, -0.2) is 47.7 Å². The van der Waals surface area contributed by atoms with Crippen LogP contribution in [0.2, 0.25) is 0 Å². The Balaban J connectivity index is 1.29. The largest absolute Gasteiger partial charge is 0.447 e. The number of amides is 2. The number of rotatable bonds is 8. The van der Waals surface area contributed by atoms with E-state index in [2.05, 4.69) is 38.0 Å². The number of nitrogens with one attached hydrogen (secondary N) is 3. The third kappa shape index (κ3) is 7.54. The molecule has 2 amide bonds. The van der Waals surface area contributed by atoms with Crippen molar-refractivity contribution in [3.05, 3.63) is 83.7 Å². The average Bonchev–Trinajstić information content (AvgIpc) is 2.90. The maximum atomic E-state index is 12.9. The van der Waals surface area contributed by atoms with Crippen LogP contribution in [0.5, 0.6) is 0 Å². The first-order valence-electron chi connectivity index (χ1n) is 12.7. The molecule has 1 aliphatic rings. The Morgan fingerprint density at radius 3 is 2.49 bits per heavy atom. The Kier molecular flexibility index (Phi) is 8.74. The first kappa shape index (κ1) is 26.2. The molecule has 8 nitrogen and oxygen atoms in total. The summed E-state index contributed by atoms with van der Waals surface area (Å²) in [7, 11) is 0. The summed E-state index contributed by atoms with van der Waals surface area (Å²) >= 11 is 0. The zero-order chi connectivity index (χ0) is 26.2. The molecule has 1 aliphatic heterocycles. The van der Waals surface area contributed by atoms with E-state index in [9.17, 15) is 9.59 Å². The highest BCUT2D eigenvalue weighted by atomic mass is 16.6. The lowest BCUT2D eigenvalue weighted by Crippen LogP contribution is -2.42. The molecule has 0 bridgehead atoms. The van der Waals surface area contributed by atoms with E-state index in [0.717, 1.165) is 48.6 Å². The minimum atomic E-state index is -0.377. The molecule has 1 aromatic heterocycles. The second-order valence-corrected chi connectivity index (χ2v) is 9.65. The third-order valence-corrected chi connectivity index (χ3v) is 6.46. The summed E-state index contributed by atoms with van der Waals surface area (Å²) in [5, 5.41) is 9.16. The van der Waals surface area contributed by atoms with Crippen molar-refractivity contribution >= 4 is 29.1 Å². The molecule has 3 N–H and O–H groups in total. The molecule has 0 radical (unpaired) electrons. The van der Waals surface area contributed by atoms with Crippen LogP contribution in [0.3, 0.4) is 0 Å². The molecule has 0 aliphatic carbocycles. The van der Waals surface area contributed by atoms with Crippen LogP contribution in [-0.2, 0) is 4.74 Å². The van der Waals surface area contributed by atoms with Gasteiger partial charge in [-0.05, 0) is 87.1 Å². The van der Waals surface area contributed by atoms with Gasteiger partial charge in [0.15, 0.2) is 0 Å². The van der Waals surface area contributed by atoms with Gasteiger partial charge in [-0.3, -0.25) is 14.7 Å². The van der Waals surface area contributed by atoms with E-state index in [4.69, 9.17) is 4.74 Å². The molecular formula is C29H35N5O3. The smallest absolute Gasteiger partial charge is 0.408 e. The van der Waals surface area contributed by atoms with Crippen molar-refractivity contribution in [3.63, 3.8) is 0 Å². The zero-order valence-corrected chi connectivity index (χ0v) is 21.7. The maximum absolute atomic E-state index is 12.9. The molecule has 1 saturated heterocycles. The van der Waals surface area contributed by atoms with Crippen LogP contribution in [0.15, 0.2) is 67.0 Å². The quantitative estimate of drug-likeness (QED) is 0.369. The average molecular weight is 502 g/mol. The van der Waals surface area contributed by atoms with Gasteiger partial charge in [0, 0.05) is 36.2 Å². The third-order valence-electron chi connectivity index (χ3n) is 6.46. The molecule has 0 saturated carbocycles. The molecule has 0 spiro atoms. The number of hydrogen-bond donors (Lipinski definition) is 3. The van der Waals surface area contributed by atoms with Crippen LogP contribution >= 0.6 is 0 Å². The van der Waals surface area contributed by atoms with Crippen LogP contribution in [0.25, 0.3) is 0 Å². The van der Waals surface area contributed by atoms with Gasteiger partial charge < -0.3 is 20.7 Å². The van der Waals surface area contributed by atoms with Crippen molar-refractivity contribution in [3.8, 4) is 0 Å². The van der Waals surface area contributed by atoms with E-state index >= 15 is 0 Å². The van der Waals surface area contributed by atoms with Crippen LogP contribution in [0, 0.1) is 6.92 Å². The van der Waals surface area contributed by atoms with Crippen molar-refractivity contribution in [2.24, 2.45) is 0 Å². The van der Waals surface area contributed by atoms with Crippen molar-refractivity contribution in [1.29, 1.82) is 0 Å². The fraction of sp³-hybridized carbons (Fsp3) is 0.345. The highest BCUT2D eigenvalue weighted by Gasteiger charge is 2.21. The monoisotopic (exact) mass is 501 g/mol. The number of benzene rings is 2. The van der Waals surface area contributed by atoms with Crippen molar-refractivity contribution in [2.75, 3.05) is 30.4 Å². The van der Waals surface area contributed by atoms with Gasteiger partial charge in [0.25, 0.3) is 5.91 Å². The van der Waals surface area contributed by atoms with Gasteiger partial charge in [-0.15, -0.1) is 0 Å². The fourth-order valence-electron chi connectivity index (χ4n) is 4.39. The number of alkyl carbamates (subject to hydrolysis) is 1. The highest BCUT2D eigenvalue weighted by molar-refractivity contribution is 6.04. The summed E-state index contributed by atoms with van der Waals surface area (Å²) < 4.78 is 5.12. The lowest BCUT2D eigenvalue weighted by molar-refractivity contribution is 0.102. The topological polar surface area (TPSA) is 95.6 Å². The Hall–Kier alpha value is -3.91. The molecular weight excluding hydrogens is 466 g/mol. The van der Waals surface area contributed by atoms with E-state index in [0.29, 0.717) is 18.2 Å². The number of ether oxygens (including phenoxy) is 1. The van der Waals surface area contributed by atoms with E-state index in [1.54, 1.807) is 12.4 Å². The summed E-state index contributed by atoms with van der Waals surface area (Å²) in [4.78, 5) is 30.9. The summed E-state index contributed by atoms with van der Waals surface area (Å²) in [5.41, 5.74) is 5.46. The molecule has 37 heavy (non-hydrogen) atoms. The van der Waals surface area contributed by atoms with Crippen molar-refractivity contribution in [2.45, 2.75) is 45.6 Å². The lowest BCUT2D eigenvalue weighted by Gasteiger charge is -2.32. The summed E-state index contributed by atoms with van der Waals surface area (Å²) in [5.74, 6) is 0.297. The molecule has 4 rings (SSSR count). The Labute approximate surface area is 218 Å². The van der Waals surface area contributed by atoms with Gasteiger partial charge in [0.05, 0.1) is 24.7 Å². The Morgan fingerprint density at radius 2 is 1.81 bits per heavy atom. The number of nitrogens with zero attached hydrogens (tertiary/aromatic N) is 2. The fourth-order valence-corrected chi connectivity index (χ4v) is 4.39. The number of likely N-dealkylation sites (tertiary alicyclic amines) is 1. The number of carbonyl (C=O) groups excluding carboxylic acids is 2. The van der Waals surface area contributed by atoms with Gasteiger partial charge in [-0.25, -0.2) is 4.79 Å². The minimum absolute atomic E-state index is 0.125. The predicted molar refractivity (Wildman–Crippen MR) is 146 cm³/mol. The molecule has 2 heterocycles. The first-order valence-corrected chi connectivity index (χ1v) is 12.7. The first-order chi connectivity index (χ1) is 17.9. The van der Waals surface area contributed by atoms with Gasteiger partial charge in [0.2, 0.25) is 0 Å². The standard InChI is InChI=1S/C29H35N5O3/c1-20(2)37-29(36)31-19-34-15-12-23(13-16-34)22-7-9-24(10-8-22)28(35)33-25-11-6-21(3)27(17-25)32-26-5-4-14-30-18-26/h4-11,14,17-18,20,23,32H,12-13,15-16,19H2,1-3H3,(H,31,36)(H,33,35). The van der Waals surface area contributed by atoms with Crippen LogP contribution in [0.4, 0.5) is 21.9 Å². The molecule has 1 fully saturated rings. The zero-order valence-electron chi connectivity index (χ0n) is 21.7. The van der Waals surface area contributed by atoms with Crippen LogP contribution < -0.4 is 16.0 Å². The minimum Gasteiger partial charge on any atom is -0.447 e. The summed E-state index contributed by atoms with van der Waals surface area (Å²) in [6, 6.07) is 17.5. The van der Waals surface area contributed by atoms with E-state index in [1.165, 1.54) is 5.56 Å². The SMILES string of the molecule is Cc1ccc(NC(=O)c2ccc(C3CCN(CNC(=O)OC(C)C)CC3)cc2)cc1Nc1cccnc1. The number of piperidine rings is 1. The van der Waals surface area contributed by atoms with E-state index < -0.39 is 0 Å². The number of aromatic nitrogens is 1. The molecule has 3 aromatic rings.